The number of hydrogen-bond acceptors (Lipinski definition) is 7. The van der Waals surface area contributed by atoms with Gasteiger partial charge in [0.05, 0.1) is 5.56 Å². The van der Waals surface area contributed by atoms with Gasteiger partial charge in [-0.3, -0.25) is 15.0 Å². The van der Waals surface area contributed by atoms with Crippen LogP contribution in [0.15, 0.2) is 127 Å². The van der Waals surface area contributed by atoms with Crippen molar-refractivity contribution in [1.29, 1.82) is 5.41 Å². The lowest BCUT2D eigenvalue weighted by Gasteiger charge is -2.20. The second-order valence-corrected chi connectivity index (χ2v) is 12.6. The number of amides is 2. The molecule has 264 valence electrons. The highest BCUT2D eigenvalue weighted by molar-refractivity contribution is 6.11. The topological polar surface area (TPSA) is 161 Å². The summed E-state index contributed by atoms with van der Waals surface area (Å²) < 4.78 is 11.3. The largest absolute Gasteiger partial charge is 0.459 e. The summed E-state index contributed by atoms with van der Waals surface area (Å²) in [5.41, 5.74) is 9.40. The monoisotopic (exact) mass is 696 g/mol. The molecular formula is C42H40N4O6. The van der Waals surface area contributed by atoms with Crippen molar-refractivity contribution in [3.63, 3.8) is 0 Å². The maximum absolute atomic E-state index is 13.8. The minimum absolute atomic E-state index is 0.0162. The zero-order valence-electron chi connectivity index (χ0n) is 28.9. The first-order valence-electron chi connectivity index (χ1n) is 16.8. The van der Waals surface area contributed by atoms with Crippen LogP contribution in [0.1, 0.15) is 68.0 Å². The van der Waals surface area contributed by atoms with Crippen LogP contribution in [0.5, 0.6) is 0 Å². The van der Waals surface area contributed by atoms with Crippen molar-refractivity contribution >= 4 is 35.3 Å². The number of rotatable bonds is 14. The number of carbonyl (C=O) groups is 4. The molecule has 0 saturated heterocycles. The van der Waals surface area contributed by atoms with Crippen molar-refractivity contribution in [1.82, 2.24) is 5.32 Å². The molecule has 52 heavy (non-hydrogen) atoms. The summed E-state index contributed by atoms with van der Waals surface area (Å²) in [5.74, 6) is -2.32. The van der Waals surface area contributed by atoms with Crippen LogP contribution in [0.25, 0.3) is 11.1 Å². The molecule has 0 fully saturated rings. The van der Waals surface area contributed by atoms with Crippen molar-refractivity contribution in [3.8, 4) is 11.1 Å². The minimum atomic E-state index is -0.932. The molecule has 0 heterocycles. The number of benzene rings is 5. The standard InChI is InChI=1S/C42H40N4O6/c1-27(2)23-37(42(50)52-26-29-13-7-4-8-14-29)46-39(47)31-19-22-34(36(24-31)41(49)51-25-28-11-5-3-6-12-28)33-15-9-10-16-35(33)40(48)45-32-20-17-30(18-21-32)38(43)44/h3-22,24,27,37H,23,25-26H2,1-2H3,(H3,43,44)(H,45,48)(H,46,47)/t37-/m0/s1. The van der Waals surface area contributed by atoms with Gasteiger partial charge in [-0.25, -0.2) is 9.59 Å². The van der Waals surface area contributed by atoms with E-state index in [1.807, 2.05) is 74.5 Å². The fourth-order valence-corrected chi connectivity index (χ4v) is 5.49. The van der Waals surface area contributed by atoms with E-state index < -0.39 is 29.8 Å². The van der Waals surface area contributed by atoms with Gasteiger partial charge in [0.15, 0.2) is 0 Å². The Hall–Kier alpha value is -6.55. The van der Waals surface area contributed by atoms with Gasteiger partial charge in [-0.15, -0.1) is 0 Å². The molecule has 0 aliphatic carbocycles. The number of anilines is 1. The maximum atomic E-state index is 13.8. The molecule has 0 aliphatic heterocycles. The van der Waals surface area contributed by atoms with Crippen molar-refractivity contribution < 1.29 is 28.7 Å². The maximum Gasteiger partial charge on any atom is 0.339 e. The summed E-state index contributed by atoms with van der Waals surface area (Å²) in [5, 5.41) is 13.3. The first kappa shape index (κ1) is 36.7. The molecule has 0 radical (unpaired) electrons. The van der Waals surface area contributed by atoms with Gasteiger partial charge in [-0.2, -0.15) is 0 Å². The molecule has 2 amide bonds. The van der Waals surface area contributed by atoms with Crippen molar-refractivity contribution in [2.24, 2.45) is 11.7 Å². The fourth-order valence-electron chi connectivity index (χ4n) is 5.49. The number of amidine groups is 1. The SMILES string of the molecule is CC(C)C[C@H](NC(=O)c1ccc(-c2ccccc2C(=O)Nc2ccc(C(=N)N)cc2)c(C(=O)OCc2ccccc2)c1)C(=O)OCc1ccccc1. The summed E-state index contributed by atoms with van der Waals surface area (Å²) in [4.78, 5) is 54.3. The molecule has 5 N–H and O–H groups in total. The van der Waals surface area contributed by atoms with Gasteiger partial charge in [0.1, 0.15) is 25.1 Å². The van der Waals surface area contributed by atoms with Gasteiger partial charge in [0.2, 0.25) is 0 Å². The Labute approximate surface area is 302 Å². The molecule has 0 saturated carbocycles. The van der Waals surface area contributed by atoms with Gasteiger partial charge in [-0.05, 0) is 77.1 Å². The third-order valence-corrected chi connectivity index (χ3v) is 8.15. The van der Waals surface area contributed by atoms with Crippen LogP contribution >= 0.6 is 0 Å². The molecule has 5 aromatic carbocycles. The van der Waals surface area contributed by atoms with E-state index >= 15 is 0 Å². The van der Waals surface area contributed by atoms with Crippen molar-refractivity contribution in [3.05, 3.63) is 161 Å². The van der Waals surface area contributed by atoms with Gasteiger partial charge >= 0.3 is 11.9 Å². The van der Waals surface area contributed by atoms with Gasteiger partial charge in [0, 0.05) is 22.4 Å². The first-order chi connectivity index (χ1) is 25.1. The van der Waals surface area contributed by atoms with E-state index in [9.17, 15) is 19.2 Å². The summed E-state index contributed by atoms with van der Waals surface area (Å²) in [7, 11) is 0. The van der Waals surface area contributed by atoms with E-state index in [1.54, 1.807) is 54.6 Å². The number of hydrogen-bond donors (Lipinski definition) is 4. The summed E-state index contributed by atoms with van der Waals surface area (Å²) in [6.07, 6.45) is 0.337. The molecule has 0 aromatic heterocycles. The second kappa shape index (κ2) is 17.4. The van der Waals surface area contributed by atoms with Crippen LogP contribution in [0.4, 0.5) is 5.69 Å². The predicted octanol–water partition coefficient (Wildman–Crippen LogP) is 7.13. The van der Waals surface area contributed by atoms with Crippen LogP contribution < -0.4 is 16.4 Å². The quantitative estimate of drug-likeness (QED) is 0.0546. The third kappa shape index (κ3) is 9.79. The average molecular weight is 697 g/mol. The van der Waals surface area contributed by atoms with Crippen LogP contribution in [0.3, 0.4) is 0 Å². The summed E-state index contributed by atoms with van der Waals surface area (Å²) in [6.45, 7) is 3.92. The zero-order chi connectivity index (χ0) is 37.0. The highest BCUT2D eigenvalue weighted by atomic mass is 16.5. The van der Waals surface area contributed by atoms with Crippen LogP contribution in [-0.2, 0) is 27.5 Å². The molecule has 10 heteroatoms. The van der Waals surface area contributed by atoms with Crippen molar-refractivity contribution in [2.45, 2.75) is 39.5 Å². The molecule has 10 nitrogen and oxygen atoms in total. The second-order valence-electron chi connectivity index (χ2n) is 12.6. The van der Waals surface area contributed by atoms with Crippen LogP contribution in [0.2, 0.25) is 0 Å². The highest BCUT2D eigenvalue weighted by Crippen LogP contribution is 2.30. The lowest BCUT2D eigenvalue weighted by molar-refractivity contribution is -0.147. The average Bonchev–Trinajstić information content (AvgIpc) is 3.16. The van der Waals surface area contributed by atoms with E-state index in [1.165, 1.54) is 12.1 Å². The Morgan fingerprint density at radius 1 is 0.654 bits per heavy atom. The number of nitrogens with one attached hydrogen (secondary N) is 3. The highest BCUT2D eigenvalue weighted by Gasteiger charge is 2.26. The smallest absolute Gasteiger partial charge is 0.339 e. The number of nitrogens with two attached hydrogens (primary N) is 1. The Bertz CT molecular complexity index is 2050. The number of carbonyl (C=O) groups excluding carboxylic acids is 4. The van der Waals surface area contributed by atoms with E-state index in [0.717, 1.165) is 11.1 Å². The van der Waals surface area contributed by atoms with E-state index in [0.29, 0.717) is 28.8 Å². The summed E-state index contributed by atoms with van der Waals surface area (Å²) >= 11 is 0. The Balaban J connectivity index is 1.44. The predicted molar refractivity (Wildman–Crippen MR) is 200 cm³/mol. The van der Waals surface area contributed by atoms with E-state index in [2.05, 4.69) is 10.6 Å². The molecule has 1 atom stereocenters. The molecule has 0 unspecified atom stereocenters. The van der Waals surface area contributed by atoms with Crippen LogP contribution in [-0.4, -0.2) is 35.6 Å². The molecule has 5 rings (SSSR count). The Kier molecular flexibility index (Phi) is 12.3. The molecule has 0 spiro atoms. The lowest BCUT2D eigenvalue weighted by Crippen LogP contribution is -2.42. The molecule has 0 bridgehead atoms. The molecule has 5 aromatic rings. The number of esters is 2. The molecule has 0 aliphatic rings. The number of ether oxygens (including phenoxy) is 2. The Morgan fingerprint density at radius 2 is 1.21 bits per heavy atom. The minimum Gasteiger partial charge on any atom is -0.459 e. The Morgan fingerprint density at radius 3 is 1.83 bits per heavy atom. The van der Waals surface area contributed by atoms with Gasteiger partial charge in [0.25, 0.3) is 11.8 Å². The summed E-state index contributed by atoms with van der Waals surface area (Å²) in [6, 6.07) is 35.4. The van der Waals surface area contributed by atoms with E-state index in [4.69, 9.17) is 20.6 Å². The first-order valence-corrected chi connectivity index (χ1v) is 16.8. The number of nitrogen functional groups attached to an aromatic ring is 1. The van der Waals surface area contributed by atoms with Gasteiger partial charge in [-0.1, -0.05) is 98.8 Å². The fraction of sp³-hybridized carbons (Fsp3) is 0.167. The van der Waals surface area contributed by atoms with Gasteiger partial charge < -0.3 is 25.8 Å². The van der Waals surface area contributed by atoms with Crippen molar-refractivity contribution in [2.75, 3.05) is 5.32 Å². The normalized spacial score (nSPS) is 11.3. The lowest BCUT2D eigenvalue weighted by atomic mass is 9.93. The van der Waals surface area contributed by atoms with Crippen LogP contribution in [0, 0.1) is 11.3 Å². The molecular weight excluding hydrogens is 656 g/mol. The van der Waals surface area contributed by atoms with E-state index in [-0.39, 0.29) is 41.7 Å². The third-order valence-electron chi connectivity index (χ3n) is 8.15. The zero-order valence-corrected chi connectivity index (χ0v) is 28.9.